The predicted octanol–water partition coefficient (Wildman–Crippen LogP) is 5.09. The van der Waals surface area contributed by atoms with Crippen molar-refractivity contribution in [3.05, 3.63) is 119 Å². The van der Waals surface area contributed by atoms with Crippen LogP contribution in [0.15, 0.2) is 95.4 Å². The van der Waals surface area contributed by atoms with Crippen LogP contribution < -0.4 is 14.8 Å². The van der Waals surface area contributed by atoms with Gasteiger partial charge in [0, 0.05) is 12.0 Å². The molecule has 0 spiro atoms. The first kappa shape index (κ1) is 23.1. The van der Waals surface area contributed by atoms with Crippen molar-refractivity contribution in [1.29, 1.82) is 0 Å². The lowest BCUT2D eigenvalue weighted by Gasteiger charge is -2.24. The SMILES string of the molecule is COc1ccc(OC)c(Cc2ccc(C(=O)NC(c3ccccc3)[C@@H](O)c3ccccc3)o2)c1. The van der Waals surface area contributed by atoms with E-state index in [9.17, 15) is 9.90 Å². The molecule has 34 heavy (non-hydrogen) atoms. The number of amides is 1. The number of nitrogens with one attached hydrogen (secondary N) is 1. The average Bonchev–Trinajstić information content (AvgIpc) is 3.36. The van der Waals surface area contributed by atoms with E-state index in [0.717, 1.165) is 11.1 Å². The summed E-state index contributed by atoms with van der Waals surface area (Å²) in [5, 5.41) is 14.0. The van der Waals surface area contributed by atoms with Crippen molar-refractivity contribution in [1.82, 2.24) is 5.32 Å². The Morgan fingerprint density at radius 2 is 1.56 bits per heavy atom. The van der Waals surface area contributed by atoms with E-state index in [4.69, 9.17) is 13.9 Å². The number of carbonyl (C=O) groups is 1. The van der Waals surface area contributed by atoms with E-state index in [1.165, 1.54) is 0 Å². The molecule has 1 aromatic heterocycles. The van der Waals surface area contributed by atoms with Gasteiger partial charge in [-0.3, -0.25) is 4.79 Å². The van der Waals surface area contributed by atoms with Gasteiger partial charge in [-0.15, -0.1) is 0 Å². The molecule has 1 amide bonds. The first-order valence-electron chi connectivity index (χ1n) is 11.0. The molecule has 0 saturated carbocycles. The van der Waals surface area contributed by atoms with Crippen molar-refractivity contribution in [2.45, 2.75) is 18.6 Å². The molecule has 4 rings (SSSR count). The highest BCUT2D eigenvalue weighted by molar-refractivity contribution is 5.91. The molecule has 6 nitrogen and oxygen atoms in total. The number of benzene rings is 3. The van der Waals surface area contributed by atoms with E-state index in [1.54, 1.807) is 26.4 Å². The second kappa shape index (κ2) is 10.7. The van der Waals surface area contributed by atoms with Crippen LogP contribution in [0.5, 0.6) is 11.5 Å². The zero-order chi connectivity index (χ0) is 23.9. The van der Waals surface area contributed by atoms with Crippen molar-refractivity contribution < 1.29 is 23.8 Å². The Labute approximate surface area is 198 Å². The van der Waals surface area contributed by atoms with Crippen LogP contribution in [0.4, 0.5) is 0 Å². The summed E-state index contributed by atoms with van der Waals surface area (Å²) >= 11 is 0. The van der Waals surface area contributed by atoms with Gasteiger partial charge in [-0.05, 0) is 41.5 Å². The number of methoxy groups -OCH3 is 2. The lowest BCUT2D eigenvalue weighted by atomic mass is 9.95. The normalized spacial score (nSPS) is 12.6. The molecule has 1 heterocycles. The number of ether oxygens (including phenoxy) is 2. The van der Waals surface area contributed by atoms with Crippen molar-refractivity contribution in [3.8, 4) is 11.5 Å². The van der Waals surface area contributed by atoms with E-state index < -0.39 is 18.1 Å². The number of hydrogen-bond donors (Lipinski definition) is 2. The lowest BCUT2D eigenvalue weighted by molar-refractivity contribution is 0.0804. The second-order valence-corrected chi connectivity index (χ2v) is 7.84. The van der Waals surface area contributed by atoms with E-state index in [1.807, 2.05) is 78.9 Å². The van der Waals surface area contributed by atoms with E-state index >= 15 is 0 Å². The summed E-state index contributed by atoms with van der Waals surface area (Å²) in [7, 11) is 3.21. The Kier molecular flexibility index (Phi) is 7.30. The molecule has 0 saturated heterocycles. The van der Waals surface area contributed by atoms with Gasteiger partial charge in [0.1, 0.15) is 23.4 Å². The number of hydrogen-bond acceptors (Lipinski definition) is 5. The minimum absolute atomic E-state index is 0.165. The standard InChI is InChI=1S/C28H27NO5/c1-32-22-13-15-24(33-2)21(17-22)18-23-14-16-25(34-23)28(31)29-26(19-9-5-3-6-10-19)27(30)20-11-7-4-8-12-20/h3-17,26-27,30H,18H2,1-2H3,(H,29,31)/t26?,27-/m0/s1. The summed E-state index contributed by atoms with van der Waals surface area (Å²) in [6.07, 6.45) is -0.495. The first-order valence-corrected chi connectivity index (χ1v) is 11.0. The van der Waals surface area contributed by atoms with Crippen LogP contribution in [0.2, 0.25) is 0 Å². The fourth-order valence-corrected chi connectivity index (χ4v) is 3.86. The zero-order valence-electron chi connectivity index (χ0n) is 19.1. The summed E-state index contributed by atoms with van der Waals surface area (Å²) in [5.74, 6) is 1.78. The Balaban J connectivity index is 1.54. The van der Waals surface area contributed by atoms with Crippen LogP contribution >= 0.6 is 0 Å². The molecule has 0 fully saturated rings. The molecular formula is C28H27NO5. The molecule has 0 aliphatic carbocycles. The maximum absolute atomic E-state index is 13.1. The molecule has 1 unspecified atom stereocenters. The third kappa shape index (κ3) is 5.30. The summed E-state index contributed by atoms with van der Waals surface area (Å²) in [4.78, 5) is 13.1. The van der Waals surface area contributed by atoms with Crippen LogP contribution in [0.25, 0.3) is 0 Å². The molecule has 0 bridgehead atoms. The fraction of sp³-hybridized carbons (Fsp3) is 0.179. The number of furan rings is 1. The number of aliphatic hydroxyl groups excluding tert-OH is 1. The third-order valence-corrected chi connectivity index (χ3v) is 5.64. The molecule has 0 aliphatic rings. The molecule has 174 valence electrons. The summed E-state index contributed by atoms with van der Waals surface area (Å²) < 4.78 is 16.6. The van der Waals surface area contributed by atoms with E-state index in [2.05, 4.69) is 5.32 Å². The van der Waals surface area contributed by atoms with Crippen LogP contribution in [0.1, 0.15) is 45.2 Å². The van der Waals surface area contributed by atoms with Gasteiger partial charge in [0.25, 0.3) is 5.91 Å². The largest absolute Gasteiger partial charge is 0.497 e. The smallest absolute Gasteiger partial charge is 0.287 e. The van der Waals surface area contributed by atoms with Crippen LogP contribution in [-0.4, -0.2) is 25.2 Å². The summed E-state index contributed by atoms with van der Waals surface area (Å²) in [6, 6.07) is 26.9. The number of aliphatic hydroxyl groups is 1. The van der Waals surface area contributed by atoms with Gasteiger partial charge < -0.3 is 24.3 Å². The minimum Gasteiger partial charge on any atom is -0.497 e. The van der Waals surface area contributed by atoms with Gasteiger partial charge in [0.2, 0.25) is 0 Å². The quantitative estimate of drug-likeness (QED) is 0.366. The molecule has 2 atom stereocenters. The van der Waals surface area contributed by atoms with Crippen LogP contribution in [-0.2, 0) is 6.42 Å². The van der Waals surface area contributed by atoms with Gasteiger partial charge in [-0.25, -0.2) is 0 Å². The molecule has 6 heteroatoms. The Bertz CT molecular complexity index is 1220. The molecule has 3 aromatic carbocycles. The number of carbonyl (C=O) groups excluding carboxylic acids is 1. The fourth-order valence-electron chi connectivity index (χ4n) is 3.86. The molecule has 0 radical (unpaired) electrons. The molecule has 0 aliphatic heterocycles. The highest BCUT2D eigenvalue weighted by atomic mass is 16.5. The Hall–Kier alpha value is -4.03. The van der Waals surface area contributed by atoms with Crippen molar-refractivity contribution in [2.75, 3.05) is 14.2 Å². The third-order valence-electron chi connectivity index (χ3n) is 5.64. The lowest BCUT2D eigenvalue weighted by Crippen LogP contribution is -2.32. The number of rotatable bonds is 9. The van der Waals surface area contributed by atoms with Crippen molar-refractivity contribution >= 4 is 5.91 Å². The van der Waals surface area contributed by atoms with Gasteiger partial charge in [-0.2, -0.15) is 0 Å². The highest BCUT2D eigenvalue weighted by Crippen LogP contribution is 2.30. The van der Waals surface area contributed by atoms with Gasteiger partial charge >= 0.3 is 0 Å². The highest BCUT2D eigenvalue weighted by Gasteiger charge is 2.26. The Morgan fingerprint density at radius 1 is 0.882 bits per heavy atom. The van der Waals surface area contributed by atoms with E-state index in [0.29, 0.717) is 29.2 Å². The molecule has 2 N–H and O–H groups in total. The monoisotopic (exact) mass is 457 g/mol. The first-order chi connectivity index (χ1) is 16.6. The second-order valence-electron chi connectivity index (χ2n) is 7.84. The molecule has 4 aromatic rings. The van der Waals surface area contributed by atoms with Gasteiger partial charge in [0.15, 0.2) is 5.76 Å². The zero-order valence-corrected chi connectivity index (χ0v) is 19.1. The van der Waals surface area contributed by atoms with Crippen molar-refractivity contribution in [2.24, 2.45) is 0 Å². The van der Waals surface area contributed by atoms with Crippen LogP contribution in [0, 0.1) is 0 Å². The van der Waals surface area contributed by atoms with Gasteiger partial charge in [0.05, 0.1) is 20.3 Å². The summed E-state index contributed by atoms with van der Waals surface area (Å²) in [5.41, 5.74) is 2.38. The average molecular weight is 458 g/mol. The van der Waals surface area contributed by atoms with Crippen LogP contribution in [0.3, 0.4) is 0 Å². The maximum atomic E-state index is 13.1. The maximum Gasteiger partial charge on any atom is 0.287 e. The Morgan fingerprint density at radius 3 is 2.21 bits per heavy atom. The van der Waals surface area contributed by atoms with Crippen molar-refractivity contribution in [3.63, 3.8) is 0 Å². The van der Waals surface area contributed by atoms with E-state index in [-0.39, 0.29) is 5.76 Å². The topological polar surface area (TPSA) is 80.9 Å². The van der Waals surface area contributed by atoms with Gasteiger partial charge in [-0.1, -0.05) is 60.7 Å². The summed E-state index contributed by atoms with van der Waals surface area (Å²) in [6.45, 7) is 0. The minimum atomic E-state index is -0.928. The predicted molar refractivity (Wildman–Crippen MR) is 129 cm³/mol. The molecular weight excluding hydrogens is 430 g/mol.